The summed E-state index contributed by atoms with van der Waals surface area (Å²) >= 11 is 1.61. The van der Waals surface area contributed by atoms with E-state index in [4.69, 9.17) is 9.47 Å². The molecule has 2 amide bonds. The summed E-state index contributed by atoms with van der Waals surface area (Å²) in [5.74, 6) is 1.20. The van der Waals surface area contributed by atoms with Crippen molar-refractivity contribution in [1.29, 1.82) is 0 Å². The number of rotatable bonds is 9. The van der Waals surface area contributed by atoms with Crippen LogP contribution in [-0.4, -0.2) is 48.8 Å². The molecule has 0 radical (unpaired) electrons. The number of aryl methyl sites for hydroxylation is 1. The number of hydrogen-bond donors (Lipinski definition) is 1. The van der Waals surface area contributed by atoms with Crippen molar-refractivity contribution in [2.24, 2.45) is 0 Å². The molecule has 0 spiro atoms. The smallest absolute Gasteiger partial charge is 0.255 e. The van der Waals surface area contributed by atoms with Crippen LogP contribution < -0.4 is 14.8 Å². The molecule has 188 valence electrons. The third-order valence-corrected chi connectivity index (χ3v) is 7.67. The number of benzene rings is 3. The van der Waals surface area contributed by atoms with E-state index in [1.165, 1.54) is 12.7 Å². The van der Waals surface area contributed by atoms with Gasteiger partial charge in [-0.2, -0.15) is 0 Å². The van der Waals surface area contributed by atoms with Crippen molar-refractivity contribution in [1.82, 2.24) is 10.2 Å². The van der Waals surface area contributed by atoms with Gasteiger partial charge in [0, 0.05) is 17.4 Å². The first-order valence-electron chi connectivity index (χ1n) is 12.1. The first-order valence-corrected chi connectivity index (χ1v) is 13.1. The Labute approximate surface area is 217 Å². The van der Waals surface area contributed by atoms with Crippen molar-refractivity contribution in [2.45, 2.75) is 37.2 Å². The van der Waals surface area contributed by atoms with Gasteiger partial charge < -0.3 is 19.7 Å². The van der Waals surface area contributed by atoms with Gasteiger partial charge in [-0.3, -0.25) is 9.59 Å². The lowest BCUT2D eigenvalue weighted by molar-refractivity contribution is -0.125. The van der Waals surface area contributed by atoms with E-state index in [1.807, 2.05) is 55.5 Å². The molecule has 3 unspecified atom stereocenters. The number of methoxy groups -OCH3 is 2. The number of nitrogens with zero attached hydrogens (tertiary/aromatic N) is 1. The van der Waals surface area contributed by atoms with Crippen LogP contribution in [0.4, 0.5) is 0 Å². The molecule has 1 saturated heterocycles. The van der Waals surface area contributed by atoms with E-state index in [-0.39, 0.29) is 23.2 Å². The van der Waals surface area contributed by atoms with Crippen molar-refractivity contribution < 1.29 is 19.1 Å². The average Bonchev–Trinajstić information content (AvgIpc) is 3.37. The summed E-state index contributed by atoms with van der Waals surface area (Å²) in [6.45, 7) is 2.01. The van der Waals surface area contributed by atoms with Gasteiger partial charge in [0.05, 0.1) is 14.2 Å². The van der Waals surface area contributed by atoms with Crippen LogP contribution in [0, 0.1) is 0 Å². The number of hydrogen-bond acceptors (Lipinski definition) is 5. The standard InChI is InChI=1S/C29H32N2O4S/c1-20(14-15-21-10-6-4-7-11-21)30-27(32)24-19-36-29(22-12-8-5-9-13-22)31(24)28(33)23-16-17-25(34-2)26(18-23)35-3/h4-13,16-18,20,24,29H,14-15,19H2,1-3H3,(H,30,32). The maximum absolute atomic E-state index is 13.8. The van der Waals surface area contributed by atoms with Crippen LogP contribution >= 0.6 is 11.8 Å². The summed E-state index contributed by atoms with van der Waals surface area (Å²) in [5.41, 5.74) is 2.68. The van der Waals surface area contributed by atoms with E-state index in [1.54, 1.807) is 42.0 Å². The van der Waals surface area contributed by atoms with Crippen molar-refractivity contribution in [3.8, 4) is 11.5 Å². The van der Waals surface area contributed by atoms with Gasteiger partial charge in [0.15, 0.2) is 11.5 Å². The predicted octanol–water partition coefficient (Wildman–Crippen LogP) is 5.10. The number of nitrogens with one attached hydrogen (secondary N) is 1. The highest BCUT2D eigenvalue weighted by atomic mass is 32.2. The normalized spacial score (nSPS) is 17.9. The molecule has 3 atom stereocenters. The highest BCUT2D eigenvalue weighted by molar-refractivity contribution is 7.99. The fourth-order valence-corrected chi connectivity index (χ4v) is 5.82. The van der Waals surface area contributed by atoms with E-state index >= 15 is 0 Å². The summed E-state index contributed by atoms with van der Waals surface area (Å²) in [5, 5.41) is 2.89. The van der Waals surface area contributed by atoms with Crippen molar-refractivity contribution >= 4 is 23.6 Å². The molecule has 3 aromatic rings. The van der Waals surface area contributed by atoms with Crippen LogP contribution in [0.25, 0.3) is 0 Å². The van der Waals surface area contributed by atoms with Gasteiger partial charge in [-0.05, 0) is 49.1 Å². The second-order valence-corrected chi connectivity index (χ2v) is 9.94. The zero-order valence-corrected chi connectivity index (χ0v) is 21.7. The van der Waals surface area contributed by atoms with Gasteiger partial charge >= 0.3 is 0 Å². The quantitative estimate of drug-likeness (QED) is 0.439. The van der Waals surface area contributed by atoms with Crippen molar-refractivity contribution in [3.63, 3.8) is 0 Å². The minimum atomic E-state index is -0.583. The molecule has 1 heterocycles. The van der Waals surface area contributed by atoms with Gasteiger partial charge in [0.1, 0.15) is 11.4 Å². The molecule has 6 nitrogen and oxygen atoms in total. The van der Waals surface area contributed by atoms with Gasteiger partial charge in [-0.15, -0.1) is 11.8 Å². The molecule has 1 N–H and O–H groups in total. The van der Waals surface area contributed by atoms with Gasteiger partial charge in [0.2, 0.25) is 5.91 Å². The van der Waals surface area contributed by atoms with E-state index in [0.717, 1.165) is 18.4 Å². The minimum absolute atomic E-state index is 0.0171. The molecule has 4 rings (SSSR count). The summed E-state index contributed by atoms with van der Waals surface area (Å²) in [4.78, 5) is 29.0. The second-order valence-electron chi connectivity index (χ2n) is 8.83. The highest BCUT2D eigenvalue weighted by Crippen LogP contribution is 2.42. The summed E-state index contributed by atoms with van der Waals surface area (Å²) < 4.78 is 10.7. The van der Waals surface area contributed by atoms with Crippen LogP contribution in [0.3, 0.4) is 0 Å². The second kappa shape index (κ2) is 12.0. The van der Waals surface area contributed by atoms with Crippen LogP contribution in [0.2, 0.25) is 0 Å². The van der Waals surface area contributed by atoms with Crippen LogP contribution in [0.5, 0.6) is 11.5 Å². The zero-order chi connectivity index (χ0) is 25.5. The Morgan fingerprint density at radius 2 is 1.64 bits per heavy atom. The third kappa shape index (κ3) is 5.85. The Morgan fingerprint density at radius 3 is 2.31 bits per heavy atom. The molecule has 1 fully saturated rings. The number of carbonyl (C=O) groups excluding carboxylic acids is 2. The molecule has 0 aromatic heterocycles. The lowest BCUT2D eigenvalue weighted by Gasteiger charge is -2.30. The first kappa shape index (κ1) is 25.6. The van der Waals surface area contributed by atoms with Gasteiger partial charge in [-0.1, -0.05) is 60.7 Å². The monoisotopic (exact) mass is 504 g/mol. The lowest BCUT2D eigenvalue weighted by atomic mass is 10.1. The fourth-order valence-electron chi connectivity index (χ4n) is 4.39. The van der Waals surface area contributed by atoms with E-state index in [2.05, 4.69) is 17.4 Å². The molecule has 7 heteroatoms. The van der Waals surface area contributed by atoms with Gasteiger partial charge in [-0.25, -0.2) is 0 Å². The fraction of sp³-hybridized carbons (Fsp3) is 0.310. The topological polar surface area (TPSA) is 67.9 Å². The molecular weight excluding hydrogens is 472 g/mol. The Hall–Kier alpha value is -3.45. The highest BCUT2D eigenvalue weighted by Gasteiger charge is 2.43. The van der Waals surface area contributed by atoms with Crippen LogP contribution in [0.1, 0.15) is 40.2 Å². The summed E-state index contributed by atoms with van der Waals surface area (Å²) in [6, 6.07) is 24.6. The number of carbonyl (C=O) groups is 2. The Morgan fingerprint density at radius 1 is 0.972 bits per heavy atom. The molecule has 1 aliphatic rings. The third-order valence-electron chi connectivity index (χ3n) is 6.35. The summed E-state index contributed by atoms with van der Waals surface area (Å²) in [6.07, 6.45) is 1.70. The van der Waals surface area contributed by atoms with Crippen molar-refractivity contribution in [2.75, 3.05) is 20.0 Å². The minimum Gasteiger partial charge on any atom is -0.493 e. The van der Waals surface area contributed by atoms with Crippen LogP contribution in [0.15, 0.2) is 78.9 Å². The molecular formula is C29H32N2O4S. The first-order chi connectivity index (χ1) is 17.5. The number of thioether (sulfide) groups is 1. The number of amides is 2. The zero-order valence-electron chi connectivity index (χ0n) is 20.8. The number of ether oxygens (including phenoxy) is 2. The van der Waals surface area contributed by atoms with Gasteiger partial charge in [0.25, 0.3) is 5.91 Å². The Bertz CT molecular complexity index is 1170. The Balaban J connectivity index is 1.55. The predicted molar refractivity (Wildman–Crippen MR) is 144 cm³/mol. The van der Waals surface area contributed by atoms with E-state index < -0.39 is 6.04 Å². The maximum atomic E-state index is 13.8. The Kier molecular flexibility index (Phi) is 8.54. The maximum Gasteiger partial charge on any atom is 0.255 e. The van der Waals surface area contributed by atoms with Crippen molar-refractivity contribution in [3.05, 3.63) is 95.6 Å². The largest absolute Gasteiger partial charge is 0.493 e. The molecule has 0 bridgehead atoms. The molecule has 0 saturated carbocycles. The van der Waals surface area contributed by atoms with Crippen LogP contribution in [-0.2, 0) is 11.2 Å². The average molecular weight is 505 g/mol. The molecule has 36 heavy (non-hydrogen) atoms. The molecule has 0 aliphatic carbocycles. The van der Waals surface area contributed by atoms with E-state index in [0.29, 0.717) is 22.8 Å². The molecule has 3 aromatic carbocycles. The van der Waals surface area contributed by atoms with E-state index in [9.17, 15) is 9.59 Å². The summed E-state index contributed by atoms with van der Waals surface area (Å²) in [7, 11) is 3.10. The lowest BCUT2D eigenvalue weighted by Crippen LogP contribution is -2.50. The molecule has 1 aliphatic heterocycles. The SMILES string of the molecule is COc1ccc(C(=O)N2C(C(=O)NC(C)CCc3ccccc3)CSC2c2ccccc2)cc1OC.